The molecule has 0 spiro atoms. The Morgan fingerprint density at radius 3 is 2.35 bits per heavy atom. The van der Waals surface area contributed by atoms with Crippen LogP contribution in [0, 0.1) is 5.92 Å². The lowest BCUT2D eigenvalue weighted by molar-refractivity contribution is -0.137. The van der Waals surface area contributed by atoms with Crippen molar-refractivity contribution in [3.63, 3.8) is 0 Å². The number of rotatable bonds is 8. The van der Waals surface area contributed by atoms with Crippen LogP contribution >= 0.6 is 0 Å². The van der Waals surface area contributed by atoms with E-state index < -0.39 is 12.0 Å². The first-order chi connectivity index (χ1) is 7.82. The predicted octanol–water partition coefficient (Wildman–Crippen LogP) is 1.12. The minimum absolute atomic E-state index is 0.0277. The zero-order valence-corrected chi connectivity index (χ0v) is 10.9. The molecule has 0 aliphatic heterocycles. The molecular weight excluding hydrogens is 220 g/mol. The number of aliphatic carboxylic acids is 1. The van der Waals surface area contributed by atoms with Crippen molar-refractivity contribution in [1.29, 1.82) is 0 Å². The van der Waals surface area contributed by atoms with Gasteiger partial charge in [0.15, 0.2) is 0 Å². The van der Waals surface area contributed by atoms with E-state index >= 15 is 0 Å². The molecular formula is C12H24N2O3. The standard InChI is InChI=1S/C12H24N2O3/c1-8(2)7-10(13)12(17)14-9(3)5-4-6-11(15)16/h8-10H,4-7,13H2,1-3H3,(H,14,17)(H,15,16)/t9?,10-/m1/s1. The second-order valence-electron chi connectivity index (χ2n) is 4.93. The Kier molecular flexibility index (Phi) is 7.54. The number of nitrogens with two attached hydrogens (primary N) is 1. The van der Waals surface area contributed by atoms with Crippen molar-refractivity contribution in [2.45, 2.75) is 58.5 Å². The Labute approximate surface area is 103 Å². The smallest absolute Gasteiger partial charge is 0.303 e. The van der Waals surface area contributed by atoms with Gasteiger partial charge in [0.25, 0.3) is 0 Å². The van der Waals surface area contributed by atoms with Crippen LogP contribution in [0.3, 0.4) is 0 Å². The van der Waals surface area contributed by atoms with E-state index in [9.17, 15) is 9.59 Å². The summed E-state index contributed by atoms with van der Waals surface area (Å²) in [4.78, 5) is 22.0. The number of hydrogen-bond donors (Lipinski definition) is 3. The third-order valence-electron chi connectivity index (χ3n) is 2.48. The van der Waals surface area contributed by atoms with E-state index in [0.29, 0.717) is 25.2 Å². The molecule has 100 valence electrons. The van der Waals surface area contributed by atoms with Gasteiger partial charge in [-0.2, -0.15) is 0 Å². The quantitative estimate of drug-likeness (QED) is 0.596. The van der Waals surface area contributed by atoms with Gasteiger partial charge in [0, 0.05) is 12.5 Å². The van der Waals surface area contributed by atoms with Gasteiger partial charge in [0.2, 0.25) is 5.91 Å². The summed E-state index contributed by atoms with van der Waals surface area (Å²) in [5.41, 5.74) is 5.74. The summed E-state index contributed by atoms with van der Waals surface area (Å²) in [6, 6.07) is -0.503. The van der Waals surface area contributed by atoms with E-state index in [4.69, 9.17) is 10.8 Å². The van der Waals surface area contributed by atoms with Crippen molar-refractivity contribution in [1.82, 2.24) is 5.32 Å². The highest BCUT2D eigenvalue weighted by atomic mass is 16.4. The number of amides is 1. The number of hydrogen-bond acceptors (Lipinski definition) is 3. The van der Waals surface area contributed by atoms with Crippen LogP contribution in [0.15, 0.2) is 0 Å². The molecule has 17 heavy (non-hydrogen) atoms. The fraction of sp³-hybridized carbons (Fsp3) is 0.833. The molecule has 1 amide bonds. The van der Waals surface area contributed by atoms with E-state index in [1.54, 1.807) is 0 Å². The first kappa shape index (κ1) is 15.9. The summed E-state index contributed by atoms with van der Waals surface area (Å²) in [5, 5.41) is 11.3. The monoisotopic (exact) mass is 244 g/mol. The Hall–Kier alpha value is -1.10. The minimum Gasteiger partial charge on any atom is -0.481 e. The molecule has 0 aromatic heterocycles. The van der Waals surface area contributed by atoms with Gasteiger partial charge in [-0.15, -0.1) is 0 Å². The molecule has 0 radical (unpaired) electrons. The van der Waals surface area contributed by atoms with Crippen molar-refractivity contribution in [2.24, 2.45) is 11.7 Å². The highest BCUT2D eigenvalue weighted by Gasteiger charge is 2.16. The molecule has 0 saturated carbocycles. The summed E-state index contributed by atoms with van der Waals surface area (Å²) in [6.07, 6.45) is 2.02. The number of carboxylic acids is 1. The summed E-state index contributed by atoms with van der Waals surface area (Å²) in [6.45, 7) is 5.90. The average Bonchev–Trinajstić information content (AvgIpc) is 2.15. The maximum absolute atomic E-state index is 11.6. The molecule has 2 atom stereocenters. The van der Waals surface area contributed by atoms with Crippen LogP contribution < -0.4 is 11.1 Å². The maximum Gasteiger partial charge on any atom is 0.303 e. The van der Waals surface area contributed by atoms with E-state index in [1.165, 1.54) is 0 Å². The zero-order chi connectivity index (χ0) is 13.4. The topological polar surface area (TPSA) is 92.4 Å². The van der Waals surface area contributed by atoms with Gasteiger partial charge in [0.05, 0.1) is 6.04 Å². The molecule has 0 aromatic rings. The number of carbonyl (C=O) groups excluding carboxylic acids is 1. The molecule has 5 heteroatoms. The average molecular weight is 244 g/mol. The van der Waals surface area contributed by atoms with Gasteiger partial charge in [-0.25, -0.2) is 0 Å². The van der Waals surface area contributed by atoms with Crippen LogP contribution in [0.4, 0.5) is 0 Å². The van der Waals surface area contributed by atoms with Crippen LogP contribution in [0.1, 0.15) is 46.5 Å². The molecule has 0 aliphatic rings. The van der Waals surface area contributed by atoms with Crippen molar-refractivity contribution in [3.8, 4) is 0 Å². The fourth-order valence-electron chi connectivity index (χ4n) is 1.60. The molecule has 0 fully saturated rings. The van der Waals surface area contributed by atoms with Gasteiger partial charge in [-0.1, -0.05) is 13.8 Å². The molecule has 0 aliphatic carbocycles. The normalized spacial score (nSPS) is 14.4. The lowest BCUT2D eigenvalue weighted by Gasteiger charge is -2.18. The van der Waals surface area contributed by atoms with Crippen LogP contribution in [0.5, 0.6) is 0 Å². The molecule has 0 heterocycles. The van der Waals surface area contributed by atoms with Crippen molar-refractivity contribution in [3.05, 3.63) is 0 Å². The predicted molar refractivity (Wildman–Crippen MR) is 66.5 cm³/mol. The van der Waals surface area contributed by atoms with Gasteiger partial charge in [-0.05, 0) is 32.1 Å². The Morgan fingerprint density at radius 2 is 1.88 bits per heavy atom. The summed E-state index contributed by atoms with van der Waals surface area (Å²) in [5.74, 6) is -0.570. The SMILES string of the molecule is CC(C)C[C@@H](N)C(=O)NC(C)CCCC(=O)O. The highest BCUT2D eigenvalue weighted by molar-refractivity contribution is 5.81. The Bertz CT molecular complexity index is 254. The maximum atomic E-state index is 11.6. The number of nitrogens with one attached hydrogen (secondary N) is 1. The van der Waals surface area contributed by atoms with Crippen LogP contribution in [0.2, 0.25) is 0 Å². The minimum atomic E-state index is -0.806. The Morgan fingerprint density at radius 1 is 1.29 bits per heavy atom. The van der Waals surface area contributed by atoms with Gasteiger partial charge >= 0.3 is 5.97 Å². The molecule has 5 nitrogen and oxygen atoms in total. The Balaban J connectivity index is 3.82. The summed E-state index contributed by atoms with van der Waals surface area (Å²) in [7, 11) is 0. The van der Waals surface area contributed by atoms with E-state index in [-0.39, 0.29) is 18.4 Å². The second kappa shape index (κ2) is 8.06. The third-order valence-corrected chi connectivity index (χ3v) is 2.48. The second-order valence-corrected chi connectivity index (χ2v) is 4.93. The molecule has 0 rings (SSSR count). The van der Waals surface area contributed by atoms with Crippen LogP contribution in [-0.4, -0.2) is 29.1 Å². The van der Waals surface area contributed by atoms with E-state index in [0.717, 1.165) is 0 Å². The van der Waals surface area contributed by atoms with Crippen LogP contribution in [-0.2, 0) is 9.59 Å². The molecule has 1 unspecified atom stereocenters. The fourth-order valence-corrected chi connectivity index (χ4v) is 1.60. The lowest BCUT2D eigenvalue weighted by Crippen LogP contribution is -2.45. The van der Waals surface area contributed by atoms with E-state index in [2.05, 4.69) is 5.32 Å². The molecule has 0 aromatic carbocycles. The lowest BCUT2D eigenvalue weighted by atomic mass is 10.0. The molecule has 4 N–H and O–H groups in total. The van der Waals surface area contributed by atoms with Crippen molar-refractivity contribution < 1.29 is 14.7 Å². The number of carboxylic acid groups (broad SMARTS) is 1. The van der Waals surface area contributed by atoms with E-state index in [1.807, 2.05) is 20.8 Å². The highest BCUT2D eigenvalue weighted by Crippen LogP contribution is 2.04. The van der Waals surface area contributed by atoms with Crippen molar-refractivity contribution >= 4 is 11.9 Å². The number of carbonyl (C=O) groups is 2. The third kappa shape index (κ3) is 8.68. The largest absolute Gasteiger partial charge is 0.481 e. The van der Waals surface area contributed by atoms with Gasteiger partial charge in [0.1, 0.15) is 0 Å². The summed E-state index contributed by atoms with van der Waals surface area (Å²) >= 11 is 0. The zero-order valence-electron chi connectivity index (χ0n) is 10.9. The van der Waals surface area contributed by atoms with Gasteiger partial charge < -0.3 is 16.2 Å². The van der Waals surface area contributed by atoms with Gasteiger partial charge in [-0.3, -0.25) is 9.59 Å². The first-order valence-corrected chi connectivity index (χ1v) is 6.10. The first-order valence-electron chi connectivity index (χ1n) is 6.10. The summed E-state index contributed by atoms with van der Waals surface area (Å²) < 4.78 is 0. The molecule has 0 saturated heterocycles. The molecule has 0 bridgehead atoms. The van der Waals surface area contributed by atoms with Crippen molar-refractivity contribution in [2.75, 3.05) is 0 Å². The van der Waals surface area contributed by atoms with Crippen LogP contribution in [0.25, 0.3) is 0 Å².